The molecule has 0 radical (unpaired) electrons. The van der Waals surface area contributed by atoms with E-state index in [0.29, 0.717) is 37.0 Å². The van der Waals surface area contributed by atoms with Crippen LogP contribution in [0.25, 0.3) is 0 Å². The second-order valence-electron chi connectivity index (χ2n) is 6.02. The average molecular weight is 357 g/mol. The fourth-order valence-corrected chi connectivity index (χ4v) is 3.25. The van der Waals surface area contributed by atoms with Crippen molar-refractivity contribution in [2.24, 2.45) is 0 Å². The molecule has 0 unspecified atom stereocenters. The van der Waals surface area contributed by atoms with Crippen LogP contribution in [0.4, 0.5) is 15.8 Å². The molecule has 1 heterocycles. The summed E-state index contributed by atoms with van der Waals surface area (Å²) in [6, 6.07) is 14.4. The van der Waals surface area contributed by atoms with Crippen molar-refractivity contribution in [2.45, 2.75) is 6.92 Å². The van der Waals surface area contributed by atoms with Gasteiger partial charge in [0.15, 0.2) is 5.11 Å². The molecule has 0 aliphatic carbocycles. The molecule has 0 aromatic heterocycles. The Kier molecular flexibility index (Phi) is 5.28. The number of nitrogens with zero attached hydrogens (tertiary/aromatic N) is 3. The molecule has 0 saturated carbocycles. The number of para-hydroxylation sites is 1. The highest BCUT2D eigenvalue weighted by molar-refractivity contribution is 7.80. The number of hydrogen-bond donors (Lipinski definition) is 0. The van der Waals surface area contributed by atoms with Gasteiger partial charge in [0.1, 0.15) is 5.82 Å². The molecule has 1 fully saturated rings. The molecule has 2 aromatic carbocycles. The van der Waals surface area contributed by atoms with Crippen LogP contribution in [0.1, 0.15) is 5.56 Å². The maximum absolute atomic E-state index is 13.9. The van der Waals surface area contributed by atoms with Gasteiger partial charge in [-0.2, -0.15) is 0 Å². The number of aryl methyl sites for hydroxylation is 1. The molecule has 6 heteroatoms. The number of carbonyl (C=O) groups excluding carboxylic acids is 1. The first-order valence-corrected chi connectivity index (χ1v) is 8.60. The van der Waals surface area contributed by atoms with Gasteiger partial charge < -0.3 is 9.80 Å². The van der Waals surface area contributed by atoms with E-state index in [9.17, 15) is 9.18 Å². The second-order valence-corrected chi connectivity index (χ2v) is 6.38. The number of rotatable bonds is 3. The zero-order valence-electron chi connectivity index (χ0n) is 14.1. The number of anilines is 2. The van der Waals surface area contributed by atoms with Gasteiger partial charge in [0.2, 0.25) is 6.41 Å². The van der Waals surface area contributed by atoms with Gasteiger partial charge >= 0.3 is 0 Å². The minimum absolute atomic E-state index is 0.215. The van der Waals surface area contributed by atoms with Crippen LogP contribution in [0.5, 0.6) is 0 Å². The Morgan fingerprint density at radius 2 is 1.72 bits per heavy atom. The first-order chi connectivity index (χ1) is 12.1. The van der Waals surface area contributed by atoms with E-state index in [1.165, 1.54) is 11.0 Å². The van der Waals surface area contributed by atoms with Crippen LogP contribution in [0.15, 0.2) is 48.5 Å². The molecule has 1 saturated heterocycles. The number of carbonyl (C=O) groups is 1. The molecule has 4 nitrogen and oxygen atoms in total. The van der Waals surface area contributed by atoms with Crippen LogP contribution in [-0.2, 0) is 4.79 Å². The van der Waals surface area contributed by atoms with Gasteiger partial charge in [0.05, 0.1) is 11.4 Å². The summed E-state index contributed by atoms with van der Waals surface area (Å²) >= 11 is 5.52. The molecule has 0 bridgehead atoms. The predicted octanol–water partition coefficient (Wildman–Crippen LogP) is 3.20. The van der Waals surface area contributed by atoms with Crippen molar-refractivity contribution in [1.29, 1.82) is 0 Å². The van der Waals surface area contributed by atoms with E-state index in [1.54, 1.807) is 12.1 Å². The molecule has 1 aliphatic heterocycles. The van der Waals surface area contributed by atoms with Crippen molar-refractivity contribution in [1.82, 2.24) is 4.90 Å². The Morgan fingerprint density at radius 3 is 2.32 bits per heavy atom. The van der Waals surface area contributed by atoms with Gasteiger partial charge in [-0.3, -0.25) is 9.69 Å². The smallest absolute Gasteiger partial charge is 0.220 e. The van der Waals surface area contributed by atoms with Gasteiger partial charge in [-0.1, -0.05) is 29.8 Å². The first kappa shape index (κ1) is 17.4. The van der Waals surface area contributed by atoms with Gasteiger partial charge in [-0.15, -0.1) is 0 Å². The number of thiocarbonyl (C=S) groups is 1. The van der Waals surface area contributed by atoms with Crippen LogP contribution in [-0.4, -0.2) is 42.6 Å². The van der Waals surface area contributed by atoms with E-state index in [-0.39, 0.29) is 5.82 Å². The van der Waals surface area contributed by atoms with Crippen LogP contribution < -0.4 is 9.80 Å². The Balaban J connectivity index is 1.67. The Bertz CT molecular complexity index is 758. The molecule has 130 valence electrons. The molecule has 25 heavy (non-hydrogen) atoms. The predicted molar refractivity (Wildman–Crippen MR) is 103 cm³/mol. The van der Waals surface area contributed by atoms with Crippen molar-refractivity contribution in [2.75, 3.05) is 36.0 Å². The van der Waals surface area contributed by atoms with Crippen molar-refractivity contribution < 1.29 is 9.18 Å². The van der Waals surface area contributed by atoms with Gasteiger partial charge in [0.25, 0.3) is 0 Å². The van der Waals surface area contributed by atoms with Crippen molar-refractivity contribution in [3.63, 3.8) is 0 Å². The molecule has 0 spiro atoms. The highest BCUT2D eigenvalue weighted by atomic mass is 32.1. The molecule has 2 aromatic rings. The van der Waals surface area contributed by atoms with Crippen LogP contribution in [0, 0.1) is 12.7 Å². The highest BCUT2D eigenvalue weighted by Gasteiger charge is 2.24. The standard InChI is InChI=1S/C19H20FN3OS/c1-15-6-8-16(9-7-15)23(14-24)19(25)22-12-10-21(11-13-22)18-5-3-2-4-17(18)20/h2-9,14H,10-13H2,1H3. The zero-order chi connectivity index (χ0) is 17.8. The number of piperazine rings is 1. The lowest BCUT2D eigenvalue weighted by Crippen LogP contribution is -2.53. The number of halogens is 1. The summed E-state index contributed by atoms with van der Waals surface area (Å²) in [7, 11) is 0. The fraction of sp³-hybridized carbons (Fsp3) is 0.263. The molecule has 1 aliphatic rings. The van der Waals surface area contributed by atoms with E-state index in [1.807, 2.05) is 47.1 Å². The van der Waals surface area contributed by atoms with Gasteiger partial charge in [-0.25, -0.2) is 4.39 Å². The van der Waals surface area contributed by atoms with Crippen LogP contribution in [0.3, 0.4) is 0 Å². The third kappa shape index (κ3) is 3.79. The molecule has 0 N–H and O–H groups in total. The van der Waals surface area contributed by atoms with Gasteiger partial charge in [0, 0.05) is 26.2 Å². The first-order valence-electron chi connectivity index (χ1n) is 8.20. The molecule has 1 amide bonds. The SMILES string of the molecule is Cc1ccc(N(C=O)C(=S)N2CCN(c3ccccc3F)CC2)cc1. The summed E-state index contributed by atoms with van der Waals surface area (Å²) in [4.78, 5) is 17.0. The minimum Gasteiger partial charge on any atom is -0.366 e. The normalized spacial score (nSPS) is 14.3. The Hall–Kier alpha value is -2.47. The van der Waals surface area contributed by atoms with E-state index < -0.39 is 0 Å². The number of benzene rings is 2. The lowest BCUT2D eigenvalue weighted by Gasteiger charge is -2.39. The quantitative estimate of drug-likeness (QED) is 0.623. The summed E-state index contributed by atoms with van der Waals surface area (Å²) < 4.78 is 13.9. The van der Waals surface area contributed by atoms with E-state index >= 15 is 0 Å². The van der Waals surface area contributed by atoms with Gasteiger partial charge in [-0.05, 0) is 43.4 Å². The van der Waals surface area contributed by atoms with E-state index in [4.69, 9.17) is 12.2 Å². The summed E-state index contributed by atoms with van der Waals surface area (Å²) in [5, 5.41) is 0.479. The van der Waals surface area contributed by atoms with Crippen LogP contribution in [0.2, 0.25) is 0 Å². The largest absolute Gasteiger partial charge is 0.366 e. The van der Waals surface area contributed by atoms with E-state index in [2.05, 4.69) is 0 Å². The van der Waals surface area contributed by atoms with E-state index in [0.717, 1.165) is 17.7 Å². The third-order valence-electron chi connectivity index (χ3n) is 4.37. The summed E-state index contributed by atoms with van der Waals surface area (Å²) in [6.45, 7) is 4.59. The zero-order valence-corrected chi connectivity index (χ0v) is 14.9. The Morgan fingerprint density at radius 1 is 1.08 bits per heavy atom. The molecule has 0 atom stereocenters. The number of hydrogen-bond acceptors (Lipinski definition) is 3. The molecular weight excluding hydrogens is 337 g/mol. The fourth-order valence-electron chi connectivity index (χ4n) is 2.92. The summed E-state index contributed by atoms with van der Waals surface area (Å²) in [5.41, 5.74) is 2.49. The topological polar surface area (TPSA) is 26.8 Å². The maximum atomic E-state index is 13.9. The van der Waals surface area contributed by atoms with Crippen molar-refractivity contribution in [3.8, 4) is 0 Å². The second kappa shape index (κ2) is 7.61. The highest BCUT2D eigenvalue weighted by Crippen LogP contribution is 2.21. The number of amides is 1. The average Bonchev–Trinajstić information content (AvgIpc) is 2.64. The summed E-state index contributed by atoms with van der Waals surface area (Å²) in [6.07, 6.45) is 0.746. The maximum Gasteiger partial charge on any atom is 0.220 e. The lowest BCUT2D eigenvalue weighted by molar-refractivity contribution is -0.106. The Labute approximate surface area is 152 Å². The van der Waals surface area contributed by atoms with Crippen LogP contribution >= 0.6 is 12.2 Å². The molecule has 3 rings (SSSR count). The lowest BCUT2D eigenvalue weighted by atomic mass is 10.2. The third-order valence-corrected chi connectivity index (χ3v) is 4.82. The molecular formula is C19H20FN3OS. The monoisotopic (exact) mass is 357 g/mol. The minimum atomic E-state index is -0.215. The van der Waals surface area contributed by atoms with Crippen molar-refractivity contribution >= 4 is 35.1 Å². The summed E-state index contributed by atoms with van der Waals surface area (Å²) in [5.74, 6) is -0.215. The van der Waals surface area contributed by atoms with Crippen molar-refractivity contribution in [3.05, 3.63) is 59.9 Å².